The first-order valence-electron chi connectivity index (χ1n) is 13.1. The fourth-order valence-electron chi connectivity index (χ4n) is 4.03. The molecule has 39 heavy (non-hydrogen) atoms. The number of nitrogens with one attached hydrogen (secondary N) is 3. The third-order valence-corrected chi connectivity index (χ3v) is 6.67. The van der Waals surface area contributed by atoms with Crippen molar-refractivity contribution in [2.45, 2.75) is 71.1 Å². The van der Waals surface area contributed by atoms with Crippen molar-refractivity contribution in [3.8, 4) is 5.75 Å². The molecule has 3 amide bonds. The molecule has 2 rings (SSSR count). The molecule has 10 heteroatoms. The fraction of sp³-hybridized carbons (Fsp3) is 0.448. The van der Waals surface area contributed by atoms with Gasteiger partial charge in [0.15, 0.2) is 0 Å². The zero-order valence-corrected chi connectivity index (χ0v) is 22.9. The Bertz CT molecular complexity index is 1110. The molecule has 0 saturated carbocycles. The minimum absolute atomic E-state index is 0.0884. The highest BCUT2D eigenvalue weighted by atomic mass is 16.4. The van der Waals surface area contributed by atoms with Gasteiger partial charge in [0.25, 0.3) is 0 Å². The molecule has 10 nitrogen and oxygen atoms in total. The Labute approximate surface area is 229 Å². The molecule has 0 fully saturated rings. The molecule has 0 radical (unpaired) electrons. The van der Waals surface area contributed by atoms with Crippen LogP contribution >= 0.6 is 0 Å². The van der Waals surface area contributed by atoms with Crippen LogP contribution in [-0.4, -0.2) is 58.1 Å². The highest BCUT2D eigenvalue weighted by Gasteiger charge is 2.33. The van der Waals surface area contributed by atoms with Crippen LogP contribution in [0.15, 0.2) is 54.6 Å². The van der Waals surface area contributed by atoms with Crippen molar-refractivity contribution >= 4 is 23.7 Å². The molecular weight excluding hydrogens is 500 g/mol. The number of nitrogens with two attached hydrogens (primary N) is 1. The van der Waals surface area contributed by atoms with Crippen molar-refractivity contribution in [1.82, 2.24) is 16.0 Å². The molecule has 0 saturated heterocycles. The van der Waals surface area contributed by atoms with Gasteiger partial charge in [-0.05, 0) is 41.5 Å². The van der Waals surface area contributed by atoms with E-state index in [0.29, 0.717) is 6.42 Å². The Kier molecular flexibility index (Phi) is 11.9. The van der Waals surface area contributed by atoms with Crippen LogP contribution in [0, 0.1) is 11.8 Å². The van der Waals surface area contributed by atoms with Crippen LogP contribution in [0.4, 0.5) is 0 Å². The molecule has 0 bridgehead atoms. The second-order valence-corrected chi connectivity index (χ2v) is 10.2. The molecule has 0 spiro atoms. The minimum atomic E-state index is -1.19. The Balaban J connectivity index is 2.11. The predicted molar refractivity (Wildman–Crippen MR) is 148 cm³/mol. The van der Waals surface area contributed by atoms with E-state index in [-0.39, 0.29) is 30.4 Å². The van der Waals surface area contributed by atoms with Crippen LogP contribution in [0.3, 0.4) is 0 Å². The van der Waals surface area contributed by atoms with Crippen LogP contribution in [0.1, 0.15) is 45.2 Å². The molecular formula is C29H40N4O6. The largest absolute Gasteiger partial charge is 0.508 e. The average Bonchev–Trinajstić information content (AvgIpc) is 2.90. The zero-order chi connectivity index (χ0) is 29.1. The normalized spacial score (nSPS) is 14.9. The molecule has 0 aliphatic carbocycles. The van der Waals surface area contributed by atoms with Crippen molar-refractivity contribution in [3.63, 3.8) is 0 Å². The second-order valence-electron chi connectivity index (χ2n) is 10.2. The zero-order valence-electron chi connectivity index (χ0n) is 22.9. The number of rotatable bonds is 14. The summed E-state index contributed by atoms with van der Waals surface area (Å²) in [6.45, 7) is 7.16. The van der Waals surface area contributed by atoms with Gasteiger partial charge in [0.05, 0.1) is 6.04 Å². The quantitative estimate of drug-likeness (QED) is 0.212. The SMILES string of the molecule is CCC(C)C(NC(=O)C(N)Cc1ccc(O)cc1)C(=O)NC(C(=O)NC(Cc1ccccc1)C(=O)O)C(C)C. The molecule has 5 atom stereocenters. The maximum Gasteiger partial charge on any atom is 0.326 e. The number of hydrogen-bond donors (Lipinski definition) is 6. The number of benzene rings is 2. The molecule has 0 heterocycles. The number of aromatic hydroxyl groups is 1. The second kappa shape index (κ2) is 14.9. The molecule has 7 N–H and O–H groups in total. The number of phenols is 1. The molecule has 0 aromatic heterocycles. The lowest BCUT2D eigenvalue weighted by Gasteiger charge is -2.29. The fourth-order valence-corrected chi connectivity index (χ4v) is 4.03. The van der Waals surface area contributed by atoms with Crippen LogP contribution < -0.4 is 21.7 Å². The van der Waals surface area contributed by atoms with Crippen molar-refractivity contribution in [3.05, 3.63) is 65.7 Å². The van der Waals surface area contributed by atoms with Crippen molar-refractivity contribution in [2.24, 2.45) is 17.6 Å². The number of carboxylic acids is 1. The first kappa shape index (κ1) is 31.3. The maximum atomic E-state index is 13.3. The summed E-state index contributed by atoms with van der Waals surface area (Å²) >= 11 is 0. The maximum absolute atomic E-state index is 13.3. The summed E-state index contributed by atoms with van der Waals surface area (Å²) in [5.41, 5.74) is 7.59. The first-order chi connectivity index (χ1) is 18.4. The number of aliphatic carboxylic acids is 1. The molecule has 0 aliphatic rings. The number of amides is 3. The summed E-state index contributed by atoms with van der Waals surface area (Å²) in [4.78, 5) is 51.2. The number of phenolic OH excluding ortho intramolecular Hbond substituents is 1. The minimum Gasteiger partial charge on any atom is -0.508 e. The topological polar surface area (TPSA) is 171 Å². The molecule has 2 aromatic carbocycles. The smallest absolute Gasteiger partial charge is 0.326 e. The first-order valence-corrected chi connectivity index (χ1v) is 13.1. The average molecular weight is 541 g/mol. The van der Waals surface area contributed by atoms with Crippen LogP contribution in [-0.2, 0) is 32.0 Å². The standard InChI is InChI=1S/C29H40N4O6/c1-5-18(4)25(33-26(35)22(30)15-20-11-13-21(34)14-12-20)28(37)32-24(17(2)3)27(36)31-23(29(38)39)16-19-9-7-6-8-10-19/h6-14,17-18,22-25,34H,5,15-16,30H2,1-4H3,(H,31,36)(H,32,37)(H,33,35)(H,38,39). The molecule has 0 aliphatic heterocycles. The Morgan fingerprint density at radius 2 is 1.31 bits per heavy atom. The number of carboxylic acid groups (broad SMARTS) is 1. The van der Waals surface area contributed by atoms with Gasteiger partial charge in [-0.3, -0.25) is 14.4 Å². The number of carbonyl (C=O) groups is 4. The summed E-state index contributed by atoms with van der Waals surface area (Å²) < 4.78 is 0. The van der Waals surface area contributed by atoms with Crippen molar-refractivity contribution in [2.75, 3.05) is 0 Å². The van der Waals surface area contributed by atoms with E-state index in [0.717, 1.165) is 11.1 Å². The van der Waals surface area contributed by atoms with Gasteiger partial charge in [-0.2, -0.15) is 0 Å². The summed E-state index contributed by atoms with van der Waals surface area (Å²) in [5.74, 6) is -3.42. The van der Waals surface area contributed by atoms with E-state index in [4.69, 9.17) is 5.73 Å². The lowest BCUT2D eigenvalue weighted by molar-refractivity contribution is -0.142. The van der Waals surface area contributed by atoms with E-state index in [1.165, 1.54) is 12.1 Å². The molecule has 5 unspecified atom stereocenters. The monoisotopic (exact) mass is 540 g/mol. The van der Waals surface area contributed by atoms with E-state index < -0.39 is 47.9 Å². The molecule has 212 valence electrons. The lowest BCUT2D eigenvalue weighted by atomic mass is 9.95. The third kappa shape index (κ3) is 9.72. The number of hydrogen-bond acceptors (Lipinski definition) is 6. The van der Waals surface area contributed by atoms with Gasteiger partial charge in [0.1, 0.15) is 23.9 Å². The summed E-state index contributed by atoms with van der Waals surface area (Å²) in [6, 6.07) is 11.2. The van der Waals surface area contributed by atoms with Gasteiger partial charge >= 0.3 is 5.97 Å². The van der Waals surface area contributed by atoms with Gasteiger partial charge < -0.3 is 31.9 Å². The summed E-state index contributed by atoms with van der Waals surface area (Å²) in [7, 11) is 0. The van der Waals surface area contributed by atoms with Crippen molar-refractivity contribution < 1.29 is 29.4 Å². The van der Waals surface area contributed by atoms with E-state index in [9.17, 15) is 29.4 Å². The van der Waals surface area contributed by atoms with E-state index in [1.54, 1.807) is 57.2 Å². The van der Waals surface area contributed by atoms with Gasteiger partial charge in [-0.1, -0.05) is 76.6 Å². The lowest BCUT2D eigenvalue weighted by Crippen LogP contribution is -2.60. The highest BCUT2D eigenvalue weighted by Crippen LogP contribution is 2.13. The van der Waals surface area contributed by atoms with Crippen molar-refractivity contribution in [1.29, 1.82) is 0 Å². The Morgan fingerprint density at radius 1 is 0.769 bits per heavy atom. The summed E-state index contributed by atoms with van der Waals surface area (Å²) in [5, 5.41) is 27.1. The van der Waals surface area contributed by atoms with E-state index >= 15 is 0 Å². The Hall–Kier alpha value is -3.92. The van der Waals surface area contributed by atoms with E-state index in [1.807, 2.05) is 13.0 Å². The van der Waals surface area contributed by atoms with Crippen LogP contribution in [0.25, 0.3) is 0 Å². The Morgan fingerprint density at radius 3 is 1.85 bits per heavy atom. The molecule has 2 aromatic rings. The van der Waals surface area contributed by atoms with Crippen LogP contribution in [0.5, 0.6) is 5.75 Å². The van der Waals surface area contributed by atoms with Gasteiger partial charge in [0, 0.05) is 6.42 Å². The number of carbonyl (C=O) groups excluding carboxylic acids is 3. The third-order valence-electron chi connectivity index (χ3n) is 6.67. The van der Waals surface area contributed by atoms with Gasteiger partial charge in [-0.25, -0.2) is 4.79 Å². The van der Waals surface area contributed by atoms with Gasteiger partial charge in [-0.15, -0.1) is 0 Å². The van der Waals surface area contributed by atoms with Crippen LogP contribution in [0.2, 0.25) is 0 Å². The van der Waals surface area contributed by atoms with Gasteiger partial charge in [0.2, 0.25) is 17.7 Å². The predicted octanol–water partition coefficient (Wildman–Crippen LogP) is 1.75. The summed E-state index contributed by atoms with van der Waals surface area (Å²) in [6.07, 6.45) is 0.864. The van der Waals surface area contributed by atoms with E-state index in [2.05, 4.69) is 16.0 Å². The highest BCUT2D eigenvalue weighted by molar-refractivity contribution is 5.94.